The number of hydrogen-bond donors (Lipinski definition) is 1. The Morgan fingerprint density at radius 1 is 1.32 bits per heavy atom. The minimum Gasteiger partial charge on any atom is -0.486 e. The Balaban J connectivity index is 1.56. The summed E-state index contributed by atoms with van der Waals surface area (Å²) in [5.74, 6) is 1.77. The number of piperidine rings is 1. The van der Waals surface area contributed by atoms with Gasteiger partial charge in [0, 0.05) is 13.1 Å². The van der Waals surface area contributed by atoms with Crippen molar-refractivity contribution in [2.24, 2.45) is 5.92 Å². The average molecular weight is 326 g/mol. The number of nitrogens with zero attached hydrogens (tertiary/aromatic N) is 1. The van der Waals surface area contributed by atoms with Gasteiger partial charge in [-0.3, -0.25) is 0 Å². The quantitative estimate of drug-likeness (QED) is 0.908. The maximum absolute atomic E-state index is 12.3. The summed E-state index contributed by atoms with van der Waals surface area (Å²) in [6, 6.07) is 7.40. The molecule has 2 aliphatic rings. The highest BCUT2D eigenvalue weighted by Gasteiger charge is 2.29. The van der Waals surface area contributed by atoms with E-state index in [2.05, 4.69) is 11.6 Å². The lowest BCUT2D eigenvalue weighted by Crippen LogP contribution is -2.49. The Labute approximate surface area is 131 Å². The van der Waals surface area contributed by atoms with Crippen molar-refractivity contribution in [3.63, 3.8) is 0 Å². The second kappa shape index (κ2) is 6.44. The summed E-state index contributed by atoms with van der Waals surface area (Å²) in [5, 5.41) is 0. The number of hydrogen-bond acceptors (Lipinski definition) is 4. The minimum atomic E-state index is -3.45. The SMILES string of the molecule is CC1CCCN(S(=O)(=O)NCC2COc3ccccc3O2)C1. The minimum absolute atomic E-state index is 0.210. The van der Waals surface area contributed by atoms with Gasteiger partial charge in [-0.05, 0) is 30.9 Å². The fourth-order valence-corrected chi connectivity index (χ4v) is 4.22. The molecule has 2 unspecified atom stereocenters. The van der Waals surface area contributed by atoms with Crippen LogP contribution in [-0.2, 0) is 10.2 Å². The van der Waals surface area contributed by atoms with Crippen LogP contribution in [-0.4, -0.2) is 45.1 Å². The summed E-state index contributed by atoms with van der Waals surface area (Å²) in [7, 11) is -3.45. The molecular formula is C15H22N2O4S. The topological polar surface area (TPSA) is 67.9 Å². The van der Waals surface area contributed by atoms with Crippen molar-refractivity contribution in [2.75, 3.05) is 26.2 Å². The van der Waals surface area contributed by atoms with Crippen LogP contribution in [0, 0.1) is 5.92 Å². The molecule has 22 heavy (non-hydrogen) atoms. The lowest BCUT2D eigenvalue weighted by Gasteiger charge is -2.31. The lowest BCUT2D eigenvalue weighted by molar-refractivity contribution is 0.0938. The molecule has 2 atom stereocenters. The molecule has 122 valence electrons. The fourth-order valence-electron chi connectivity index (χ4n) is 2.82. The standard InChI is InChI=1S/C15H22N2O4S/c1-12-5-4-8-17(10-12)22(18,19)16-9-13-11-20-14-6-2-3-7-15(14)21-13/h2-3,6-7,12-13,16H,4-5,8-11H2,1H3. The highest BCUT2D eigenvalue weighted by Crippen LogP contribution is 2.30. The van der Waals surface area contributed by atoms with E-state index in [-0.39, 0.29) is 12.6 Å². The van der Waals surface area contributed by atoms with Gasteiger partial charge in [-0.15, -0.1) is 0 Å². The van der Waals surface area contributed by atoms with Gasteiger partial charge in [0.05, 0.1) is 6.54 Å². The van der Waals surface area contributed by atoms with Crippen molar-refractivity contribution in [1.29, 1.82) is 0 Å². The van der Waals surface area contributed by atoms with Gasteiger partial charge < -0.3 is 9.47 Å². The van der Waals surface area contributed by atoms with Crippen LogP contribution in [0.5, 0.6) is 11.5 Å². The highest BCUT2D eigenvalue weighted by molar-refractivity contribution is 7.87. The molecule has 3 rings (SSSR count). The van der Waals surface area contributed by atoms with Crippen molar-refractivity contribution in [3.8, 4) is 11.5 Å². The van der Waals surface area contributed by atoms with Gasteiger partial charge in [0.2, 0.25) is 0 Å². The summed E-state index contributed by atoms with van der Waals surface area (Å²) in [6.07, 6.45) is 1.69. The van der Waals surface area contributed by atoms with Crippen LogP contribution >= 0.6 is 0 Å². The van der Waals surface area contributed by atoms with Crippen LogP contribution in [0.1, 0.15) is 19.8 Å². The van der Waals surface area contributed by atoms with Crippen molar-refractivity contribution in [1.82, 2.24) is 9.03 Å². The van der Waals surface area contributed by atoms with Gasteiger partial charge in [0.1, 0.15) is 12.7 Å². The third-order valence-electron chi connectivity index (χ3n) is 4.02. The first-order valence-corrected chi connectivity index (χ1v) is 9.12. The zero-order valence-electron chi connectivity index (χ0n) is 12.7. The lowest BCUT2D eigenvalue weighted by atomic mass is 10.0. The third kappa shape index (κ3) is 3.53. The number of fused-ring (bicyclic) bond motifs is 1. The van der Waals surface area contributed by atoms with Crippen LogP contribution in [0.15, 0.2) is 24.3 Å². The molecule has 2 heterocycles. The van der Waals surface area contributed by atoms with Gasteiger partial charge in [-0.1, -0.05) is 19.1 Å². The van der Waals surface area contributed by atoms with E-state index in [0.29, 0.717) is 37.1 Å². The van der Waals surface area contributed by atoms with Gasteiger partial charge in [0.25, 0.3) is 10.2 Å². The van der Waals surface area contributed by atoms with E-state index in [1.807, 2.05) is 24.3 Å². The molecule has 6 nitrogen and oxygen atoms in total. The van der Waals surface area contributed by atoms with Crippen LogP contribution < -0.4 is 14.2 Å². The van der Waals surface area contributed by atoms with Crippen LogP contribution in [0.4, 0.5) is 0 Å². The number of benzene rings is 1. The summed E-state index contributed by atoms with van der Waals surface area (Å²) < 4.78 is 40.2. The third-order valence-corrected chi connectivity index (χ3v) is 5.56. The van der Waals surface area contributed by atoms with E-state index in [4.69, 9.17) is 9.47 Å². The van der Waals surface area contributed by atoms with Crippen molar-refractivity contribution < 1.29 is 17.9 Å². The molecule has 0 saturated carbocycles. The predicted molar refractivity (Wildman–Crippen MR) is 83.2 cm³/mol. The van der Waals surface area contributed by atoms with Crippen molar-refractivity contribution in [3.05, 3.63) is 24.3 Å². The molecule has 1 fully saturated rings. The molecule has 1 N–H and O–H groups in total. The molecule has 1 aromatic rings. The van der Waals surface area contributed by atoms with Crippen molar-refractivity contribution in [2.45, 2.75) is 25.9 Å². The molecule has 0 aromatic heterocycles. The largest absolute Gasteiger partial charge is 0.486 e. The Morgan fingerprint density at radius 2 is 2.09 bits per heavy atom. The maximum Gasteiger partial charge on any atom is 0.279 e. The van der Waals surface area contributed by atoms with Gasteiger partial charge in [0.15, 0.2) is 11.5 Å². The van der Waals surface area contributed by atoms with E-state index >= 15 is 0 Å². The number of nitrogens with one attached hydrogen (secondary N) is 1. The van der Waals surface area contributed by atoms with E-state index in [0.717, 1.165) is 12.8 Å². The molecule has 7 heteroatoms. The predicted octanol–water partition coefficient (Wildman–Crippen LogP) is 1.39. The maximum atomic E-state index is 12.3. The summed E-state index contributed by atoms with van der Waals surface area (Å²) in [4.78, 5) is 0. The Kier molecular flexibility index (Phi) is 4.56. The molecule has 0 amide bonds. The Morgan fingerprint density at radius 3 is 2.86 bits per heavy atom. The van der Waals surface area contributed by atoms with Gasteiger partial charge >= 0.3 is 0 Å². The van der Waals surface area contributed by atoms with E-state index in [1.165, 1.54) is 4.31 Å². The second-order valence-electron chi connectivity index (χ2n) is 5.96. The molecule has 0 aliphatic carbocycles. The molecule has 0 spiro atoms. The first-order chi connectivity index (χ1) is 10.5. The number of ether oxygens (including phenoxy) is 2. The smallest absolute Gasteiger partial charge is 0.279 e. The average Bonchev–Trinajstić information content (AvgIpc) is 2.53. The fraction of sp³-hybridized carbons (Fsp3) is 0.600. The van der Waals surface area contributed by atoms with E-state index < -0.39 is 10.2 Å². The van der Waals surface area contributed by atoms with Crippen LogP contribution in [0.2, 0.25) is 0 Å². The molecular weight excluding hydrogens is 304 g/mol. The molecule has 0 radical (unpaired) electrons. The van der Waals surface area contributed by atoms with Gasteiger partial charge in [-0.2, -0.15) is 17.4 Å². The summed E-state index contributed by atoms with van der Waals surface area (Å²) in [5.41, 5.74) is 0. The van der Waals surface area contributed by atoms with E-state index in [9.17, 15) is 8.42 Å². The first kappa shape index (κ1) is 15.6. The van der Waals surface area contributed by atoms with Gasteiger partial charge in [-0.25, -0.2) is 0 Å². The first-order valence-electron chi connectivity index (χ1n) is 7.68. The Hall–Kier alpha value is -1.31. The van der Waals surface area contributed by atoms with Crippen LogP contribution in [0.3, 0.4) is 0 Å². The summed E-state index contributed by atoms with van der Waals surface area (Å²) >= 11 is 0. The second-order valence-corrected chi connectivity index (χ2v) is 7.71. The molecule has 1 saturated heterocycles. The number of para-hydroxylation sites is 2. The molecule has 0 bridgehead atoms. The Bertz CT molecular complexity index is 620. The normalized spacial score (nSPS) is 25.9. The molecule has 1 aromatic carbocycles. The summed E-state index contributed by atoms with van der Waals surface area (Å²) in [6.45, 7) is 3.80. The van der Waals surface area contributed by atoms with E-state index in [1.54, 1.807) is 0 Å². The highest BCUT2D eigenvalue weighted by atomic mass is 32.2. The zero-order valence-corrected chi connectivity index (χ0v) is 13.5. The van der Waals surface area contributed by atoms with Crippen LogP contribution in [0.25, 0.3) is 0 Å². The number of rotatable bonds is 4. The molecule has 2 aliphatic heterocycles. The monoisotopic (exact) mass is 326 g/mol. The zero-order chi connectivity index (χ0) is 15.6. The van der Waals surface area contributed by atoms with Crippen molar-refractivity contribution >= 4 is 10.2 Å².